The van der Waals surface area contributed by atoms with Crippen LogP contribution in [0, 0.1) is 0 Å². The van der Waals surface area contributed by atoms with Gasteiger partial charge in [0.2, 0.25) is 5.91 Å². The predicted molar refractivity (Wildman–Crippen MR) is 82.6 cm³/mol. The predicted octanol–water partition coefficient (Wildman–Crippen LogP) is 3.07. The van der Waals surface area contributed by atoms with Crippen LogP contribution in [0.5, 0.6) is 0 Å². The van der Waals surface area contributed by atoms with E-state index in [0.717, 1.165) is 19.3 Å². The van der Waals surface area contributed by atoms with E-state index in [0.29, 0.717) is 12.2 Å². The standard InChI is InChI=1S/C17H21N3O/c1-2-16(21)20-15(17-18-12-7-13-19-17)11-6-10-14-8-4-3-5-9-14/h3-5,7-9,12-13,15H,2,6,10-11H2,1H3,(H,20,21). The van der Waals surface area contributed by atoms with Gasteiger partial charge in [0.05, 0.1) is 6.04 Å². The summed E-state index contributed by atoms with van der Waals surface area (Å²) >= 11 is 0. The summed E-state index contributed by atoms with van der Waals surface area (Å²) in [7, 11) is 0. The molecule has 0 aliphatic carbocycles. The van der Waals surface area contributed by atoms with Crippen LogP contribution in [-0.2, 0) is 11.2 Å². The van der Waals surface area contributed by atoms with Gasteiger partial charge in [-0.25, -0.2) is 9.97 Å². The van der Waals surface area contributed by atoms with Crippen molar-refractivity contribution in [2.24, 2.45) is 0 Å². The molecule has 0 saturated carbocycles. The number of carbonyl (C=O) groups excluding carboxylic acids is 1. The molecular formula is C17H21N3O. The first-order valence-corrected chi connectivity index (χ1v) is 7.39. The third-order valence-corrected chi connectivity index (χ3v) is 3.35. The zero-order chi connectivity index (χ0) is 14.9. The minimum atomic E-state index is -0.109. The molecular weight excluding hydrogens is 262 g/mol. The molecule has 1 heterocycles. The summed E-state index contributed by atoms with van der Waals surface area (Å²) in [4.78, 5) is 20.2. The summed E-state index contributed by atoms with van der Waals surface area (Å²) in [6.07, 6.45) is 6.71. The molecule has 4 nitrogen and oxygen atoms in total. The number of nitrogens with one attached hydrogen (secondary N) is 1. The molecule has 0 aliphatic heterocycles. The summed E-state index contributed by atoms with van der Waals surface area (Å²) in [6, 6.07) is 12.0. The van der Waals surface area contributed by atoms with Crippen molar-refractivity contribution in [1.29, 1.82) is 0 Å². The average Bonchev–Trinajstić information content (AvgIpc) is 2.55. The van der Waals surface area contributed by atoms with Crippen LogP contribution in [0.1, 0.15) is 43.6 Å². The van der Waals surface area contributed by atoms with Gasteiger partial charge < -0.3 is 5.32 Å². The zero-order valence-electron chi connectivity index (χ0n) is 12.3. The third kappa shape index (κ3) is 4.99. The summed E-state index contributed by atoms with van der Waals surface area (Å²) in [5, 5.41) is 3.01. The number of aryl methyl sites for hydroxylation is 1. The van der Waals surface area contributed by atoms with Crippen molar-refractivity contribution in [1.82, 2.24) is 15.3 Å². The molecule has 1 atom stereocenters. The lowest BCUT2D eigenvalue weighted by atomic mass is 10.0. The van der Waals surface area contributed by atoms with Gasteiger partial charge in [0, 0.05) is 18.8 Å². The minimum Gasteiger partial charge on any atom is -0.346 e. The highest BCUT2D eigenvalue weighted by Crippen LogP contribution is 2.16. The number of hydrogen-bond acceptors (Lipinski definition) is 3. The molecule has 4 heteroatoms. The first kappa shape index (κ1) is 15.2. The molecule has 1 unspecified atom stereocenters. The van der Waals surface area contributed by atoms with Crippen LogP contribution in [0.15, 0.2) is 48.8 Å². The number of benzene rings is 1. The Hall–Kier alpha value is -2.23. The van der Waals surface area contributed by atoms with Crippen LogP contribution < -0.4 is 5.32 Å². The van der Waals surface area contributed by atoms with Crippen molar-refractivity contribution in [2.75, 3.05) is 0 Å². The van der Waals surface area contributed by atoms with Gasteiger partial charge in [-0.1, -0.05) is 37.3 Å². The van der Waals surface area contributed by atoms with Gasteiger partial charge in [-0.2, -0.15) is 0 Å². The maximum absolute atomic E-state index is 11.7. The molecule has 21 heavy (non-hydrogen) atoms. The molecule has 0 aliphatic rings. The molecule has 0 spiro atoms. The Labute approximate surface area is 125 Å². The lowest BCUT2D eigenvalue weighted by Gasteiger charge is -2.17. The van der Waals surface area contributed by atoms with E-state index in [1.165, 1.54) is 5.56 Å². The molecule has 1 aromatic carbocycles. The molecule has 0 fully saturated rings. The Balaban J connectivity index is 1.94. The van der Waals surface area contributed by atoms with Gasteiger partial charge in [0.25, 0.3) is 0 Å². The number of rotatable bonds is 7. The number of aromatic nitrogens is 2. The fraction of sp³-hybridized carbons (Fsp3) is 0.353. The number of hydrogen-bond donors (Lipinski definition) is 1. The van der Waals surface area contributed by atoms with E-state index < -0.39 is 0 Å². The maximum atomic E-state index is 11.7. The van der Waals surface area contributed by atoms with E-state index in [4.69, 9.17) is 0 Å². The maximum Gasteiger partial charge on any atom is 0.220 e. The van der Waals surface area contributed by atoms with Crippen LogP contribution in [0.4, 0.5) is 0 Å². The van der Waals surface area contributed by atoms with E-state index in [2.05, 4.69) is 27.4 Å². The molecule has 1 amide bonds. The topological polar surface area (TPSA) is 54.9 Å². The Kier molecular flexibility index (Phi) is 5.88. The average molecular weight is 283 g/mol. The molecule has 0 saturated heterocycles. The Morgan fingerprint density at radius 2 is 1.86 bits per heavy atom. The van der Waals surface area contributed by atoms with Gasteiger partial charge in [-0.3, -0.25) is 4.79 Å². The van der Waals surface area contributed by atoms with Gasteiger partial charge in [-0.15, -0.1) is 0 Å². The van der Waals surface area contributed by atoms with E-state index in [1.807, 2.05) is 25.1 Å². The van der Waals surface area contributed by atoms with E-state index in [9.17, 15) is 4.79 Å². The van der Waals surface area contributed by atoms with Crippen LogP contribution in [0.3, 0.4) is 0 Å². The summed E-state index contributed by atoms with van der Waals surface area (Å²) < 4.78 is 0. The SMILES string of the molecule is CCC(=O)NC(CCCc1ccccc1)c1ncccn1. The van der Waals surface area contributed by atoms with Crippen LogP contribution >= 0.6 is 0 Å². The Morgan fingerprint density at radius 1 is 1.14 bits per heavy atom. The second-order valence-corrected chi connectivity index (χ2v) is 4.96. The minimum absolute atomic E-state index is 0.0344. The third-order valence-electron chi connectivity index (χ3n) is 3.35. The highest BCUT2D eigenvalue weighted by molar-refractivity contribution is 5.75. The van der Waals surface area contributed by atoms with Crippen molar-refractivity contribution < 1.29 is 4.79 Å². The van der Waals surface area contributed by atoms with Gasteiger partial charge >= 0.3 is 0 Å². The molecule has 0 radical (unpaired) electrons. The zero-order valence-corrected chi connectivity index (χ0v) is 12.3. The van der Waals surface area contributed by atoms with E-state index in [-0.39, 0.29) is 11.9 Å². The summed E-state index contributed by atoms with van der Waals surface area (Å²) in [5.41, 5.74) is 1.31. The van der Waals surface area contributed by atoms with Crippen molar-refractivity contribution in [3.63, 3.8) is 0 Å². The highest BCUT2D eigenvalue weighted by Gasteiger charge is 2.15. The fourth-order valence-corrected chi connectivity index (χ4v) is 2.21. The van der Waals surface area contributed by atoms with Crippen molar-refractivity contribution in [3.8, 4) is 0 Å². The number of amides is 1. The normalized spacial score (nSPS) is 11.9. The van der Waals surface area contributed by atoms with Gasteiger partial charge in [-0.05, 0) is 30.9 Å². The van der Waals surface area contributed by atoms with Crippen molar-refractivity contribution >= 4 is 5.91 Å². The van der Waals surface area contributed by atoms with E-state index >= 15 is 0 Å². The van der Waals surface area contributed by atoms with Crippen LogP contribution in [0.25, 0.3) is 0 Å². The first-order valence-electron chi connectivity index (χ1n) is 7.39. The second kappa shape index (κ2) is 8.15. The summed E-state index contributed by atoms with van der Waals surface area (Å²) in [6.45, 7) is 1.85. The quantitative estimate of drug-likeness (QED) is 0.849. The van der Waals surface area contributed by atoms with E-state index in [1.54, 1.807) is 18.5 Å². The molecule has 2 rings (SSSR count). The Morgan fingerprint density at radius 3 is 2.52 bits per heavy atom. The molecule has 110 valence electrons. The monoisotopic (exact) mass is 283 g/mol. The number of carbonyl (C=O) groups is 1. The van der Waals surface area contributed by atoms with Crippen molar-refractivity contribution in [2.45, 2.75) is 38.6 Å². The molecule has 1 N–H and O–H groups in total. The van der Waals surface area contributed by atoms with Crippen LogP contribution in [0.2, 0.25) is 0 Å². The highest BCUT2D eigenvalue weighted by atomic mass is 16.1. The fourth-order valence-electron chi connectivity index (χ4n) is 2.21. The first-order chi connectivity index (χ1) is 10.3. The van der Waals surface area contributed by atoms with Crippen molar-refractivity contribution in [3.05, 3.63) is 60.2 Å². The Bertz CT molecular complexity index is 542. The molecule has 0 bridgehead atoms. The van der Waals surface area contributed by atoms with Crippen LogP contribution in [-0.4, -0.2) is 15.9 Å². The lowest BCUT2D eigenvalue weighted by Crippen LogP contribution is -2.29. The second-order valence-electron chi connectivity index (χ2n) is 4.96. The molecule has 1 aromatic heterocycles. The lowest BCUT2D eigenvalue weighted by molar-refractivity contribution is -0.121. The van der Waals surface area contributed by atoms with Gasteiger partial charge in [0.1, 0.15) is 5.82 Å². The smallest absolute Gasteiger partial charge is 0.220 e. The molecule has 2 aromatic rings. The summed E-state index contributed by atoms with van der Waals surface area (Å²) in [5.74, 6) is 0.722. The van der Waals surface area contributed by atoms with Gasteiger partial charge in [0.15, 0.2) is 0 Å². The largest absolute Gasteiger partial charge is 0.346 e. The number of nitrogens with zero attached hydrogens (tertiary/aromatic N) is 2.